The van der Waals surface area contributed by atoms with Crippen LogP contribution in [-0.2, 0) is 11.3 Å². The van der Waals surface area contributed by atoms with Gasteiger partial charge in [-0.3, -0.25) is 19.6 Å². The number of benzene rings is 2. The lowest BCUT2D eigenvalue weighted by Gasteiger charge is -2.12. The van der Waals surface area contributed by atoms with Crippen LogP contribution < -0.4 is 10.9 Å². The molecule has 4 rings (SSSR count). The third-order valence-electron chi connectivity index (χ3n) is 4.74. The van der Waals surface area contributed by atoms with E-state index >= 15 is 0 Å². The second kappa shape index (κ2) is 7.64. The molecule has 1 aliphatic heterocycles. The van der Waals surface area contributed by atoms with Gasteiger partial charge in [0.2, 0.25) is 0 Å². The maximum Gasteiger partial charge on any atom is 0.329 e. The minimum Gasteiger partial charge on any atom is -0.303 e. The monoisotopic (exact) mass is 426 g/mol. The van der Waals surface area contributed by atoms with Crippen LogP contribution in [0.2, 0.25) is 5.02 Å². The molecule has 7 nitrogen and oxygen atoms in total. The average molecular weight is 427 g/mol. The fourth-order valence-electron chi connectivity index (χ4n) is 3.16. The lowest BCUT2D eigenvalue weighted by atomic mass is 10.2. The lowest BCUT2D eigenvalue weighted by molar-refractivity contribution is -0.123. The number of amides is 3. The number of hydrogen-bond acceptors (Lipinski definition) is 3. The van der Waals surface area contributed by atoms with Crippen molar-refractivity contribution in [3.63, 3.8) is 0 Å². The summed E-state index contributed by atoms with van der Waals surface area (Å²) in [4.78, 5) is 38.9. The lowest BCUT2D eigenvalue weighted by Crippen LogP contribution is -2.30. The Morgan fingerprint density at radius 1 is 1.07 bits per heavy atom. The van der Waals surface area contributed by atoms with Crippen molar-refractivity contribution in [2.24, 2.45) is 0 Å². The number of hydrogen-bond donors (Lipinski definition) is 2. The number of aromatic amines is 1. The zero-order valence-electron chi connectivity index (χ0n) is 15.8. The SMILES string of the molecule is Cc1[nH]n(-c2ccc(F)cc2)c(=O)c1/C=C1\NC(=O)N(Cc2ccccc2Cl)C1=O. The molecule has 3 aromatic rings. The molecule has 1 aliphatic rings. The Bertz CT molecular complexity index is 1240. The second-order valence-electron chi connectivity index (χ2n) is 6.74. The summed E-state index contributed by atoms with van der Waals surface area (Å²) in [6.45, 7) is 1.67. The number of nitrogens with one attached hydrogen (secondary N) is 2. The molecule has 30 heavy (non-hydrogen) atoms. The molecule has 0 atom stereocenters. The fourth-order valence-corrected chi connectivity index (χ4v) is 3.35. The van der Waals surface area contributed by atoms with Crippen LogP contribution in [0.15, 0.2) is 59.0 Å². The summed E-state index contributed by atoms with van der Waals surface area (Å²) in [6, 6.07) is 11.7. The number of rotatable bonds is 4. The Labute approximate surface area is 175 Å². The molecule has 0 spiro atoms. The molecule has 1 aromatic heterocycles. The van der Waals surface area contributed by atoms with Gasteiger partial charge in [0, 0.05) is 10.7 Å². The van der Waals surface area contributed by atoms with Gasteiger partial charge in [-0.05, 0) is 48.9 Å². The van der Waals surface area contributed by atoms with Crippen molar-refractivity contribution in [3.05, 3.63) is 92.2 Å². The number of aromatic nitrogens is 2. The standard InChI is InChI=1S/C21H16ClFN4O3/c1-12-16(19(28)27(25-12)15-8-6-14(23)7-9-15)10-18-20(29)26(21(30)24-18)11-13-4-2-3-5-17(13)22/h2-10,25H,11H2,1H3,(H,24,30)/b18-10-. The Morgan fingerprint density at radius 3 is 2.47 bits per heavy atom. The van der Waals surface area contributed by atoms with E-state index in [-0.39, 0.29) is 17.8 Å². The molecule has 2 aromatic carbocycles. The Kier molecular flexibility index (Phi) is 5.01. The predicted octanol–water partition coefficient (Wildman–Crippen LogP) is 3.36. The highest BCUT2D eigenvalue weighted by Crippen LogP contribution is 2.21. The maximum absolute atomic E-state index is 13.2. The highest BCUT2D eigenvalue weighted by molar-refractivity contribution is 6.31. The molecule has 0 saturated carbocycles. The third-order valence-corrected chi connectivity index (χ3v) is 5.11. The Morgan fingerprint density at radius 2 is 1.77 bits per heavy atom. The highest BCUT2D eigenvalue weighted by Gasteiger charge is 2.34. The van der Waals surface area contributed by atoms with Crippen LogP contribution in [0.3, 0.4) is 0 Å². The summed E-state index contributed by atoms with van der Waals surface area (Å²) in [7, 11) is 0. The normalized spacial score (nSPS) is 15.2. The van der Waals surface area contributed by atoms with Gasteiger partial charge in [0.25, 0.3) is 11.5 Å². The van der Waals surface area contributed by atoms with E-state index in [1.165, 1.54) is 35.0 Å². The van der Waals surface area contributed by atoms with Gasteiger partial charge in [-0.15, -0.1) is 0 Å². The van der Waals surface area contributed by atoms with Gasteiger partial charge in [-0.25, -0.2) is 13.9 Å². The molecule has 0 radical (unpaired) electrons. The smallest absolute Gasteiger partial charge is 0.303 e. The van der Waals surface area contributed by atoms with Crippen LogP contribution >= 0.6 is 11.6 Å². The van der Waals surface area contributed by atoms with Gasteiger partial charge in [-0.2, -0.15) is 0 Å². The number of urea groups is 1. The number of carbonyl (C=O) groups is 2. The van der Waals surface area contributed by atoms with Crippen LogP contribution in [0.1, 0.15) is 16.8 Å². The number of nitrogens with zero attached hydrogens (tertiary/aromatic N) is 2. The molecule has 2 heterocycles. The number of imide groups is 1. The summed E-state index contributed by atoms with van der Waals surface area (Å²) >= 11 is 6.12. The molecular formula is C21H16ClFN4O3. The minimum atomic E-state index is -0.599. The van der Waals surface area contributed by atoms with E-state index in [1.54, 1.807) is 31.2 Å². The molecule has 0 aliphatic carbocycles. The zero-order chi connectivity index (χ0) is 21.4. The average Bonchev–Trinajstić information content (AvgIpc) is 3.15. The summed E-state index contributed by atoms with van der Waals surface area (Å²) in [5, 5.41) is 5.83. The first kappa shape index (κ1) is 19.7. The van der Waals surface area contributed by atoms with Crippen molar-refractivity contribution in [3.8, 4) is 5.69 Å². The van der Waals surface area contributed by atoms with E-state index in [2.05, 4.69) is 10.4 Å². The molecule has 1 saturated heterocycles. The maximum atomic E-state index is 13.2. The first-order valence-electron chi connectivity index (χ1n) is 9.00. The molecule has 0 bridgehead atoms. The summed E-state index contributed by atoms with van der Waals surface area (Å²) in [5.41, 5.74) is 1.32. The van der Waals surface area contributed by atoms with E-state index in [0.717, 1.165) is 4.90 Å². The van der Waals surface area contributed by atoms with E-state index < -0.39 is 23.3 Å². The van der Waals surface area contributed by atoms with Gasteiger partial charge < -0.3 is 5.32 Å². The van der Waals surface area contributed by atoms with Crippen LogP contribution in [-0.4, -0.2) is 26.6 Å². The predicted molar refractivity (Wildman–Crippen MR) is 110 cm³/mol. The minimum absolute atomic E-state index is 0.00755. The van der Waals surface area contributed by atoms with Gasteiger partial charge in [0.1, 0.15) is 11.5 Å². The molecule has 3 amide bonds. The van der Waals surface area contributed by atoms with Crippen molar-refractivity contribution < 1.29 is 14.0 Å². The van der Waals surface area contributed by atoms with Gasteiger partial charge in [-0.1, -0.05) is 29.8 Å². The second-order valence-corrected chi connectivity index (χ2v) is 7.15. The molecular weight excluding hydrogens is 411 g/mol. The summed E-state index contributed by atoms with van der Waals surface area (Å²) in [5.74, 6) is -0.983. The van der Waals surface area contributed by atoms with E-state index in [0.29, 0.717) is 22.0 Å². The number of halogens is 2. The van der Waals surface area contributed by atoms with E-state index in [9.17, 15) is 18.8 Å². The quantitative estimate of drug-likeness (QED) is 0.495. The summed E-state index contributed by atoms with van der Waals surface area (Å²) in [6.07, 6.45) is 1.33. The number of aryl methyl sites for hydroxylation is 1. The first-order valence-corrected chi connectivity index (χ1v) is 9.38. The van der Waals surface area contributed by atoms with Gasteiger partial charge in [0.05, 0.1) is 17.8 Å². The molecule has 1 fully saturated rings. The van der Waals surface area contributed by atoms with Crippen LogP contribution in [0.25, 0.3) is 11.8 Å². The molecule has 0 unspecified atom stereocenters. The molecule has 152 valence electrons. The molecule has 2 N–H and O–H groups in total. The van der Waals surface area contributed by atoms with E-state index in [1.807, 2.05) is 0 Å². The summed E-state index contributed by atoms with van der Waals surface area (Å²) < 4.78 is 14.4. The van der Waals surface area contributed by atoms with Gasteiger partial charge >= 0.3 is 6.03 Å². The third kappa shape index (κ3) is 3.53. The number of carbonyl (C=O) groups excluding carboxylic acids is 2. The van der Waals surface area contributed by atoms with Crippen molar-refractivity contribution in [1.82, 2.24) is 20.0 Å². The van der Waals surface area contributed by atoms with Crippen molar-refractivity contribution in [1.29, 1.82) is 0 Å². The van der Waals surface area contributed by atoms with Crippen molar-refractivity contribution in [2.75, 3.05) is 0 Å². The molecule has 9 heteroatoms. The largest absolute Gasteiger partial charge is 0.329 e. The van der Waals surface area contributed by atoms with Crippen molar-refractivity contribution >= 4 is 29.6 Å². The fraction of sp³-hybridized carbons (Fsp3) is 0.0952. The Balaban J connectivity index is 1.65. The highest BCUT2D eigenvalue weighted by atomic mass is 35.5. The topological polar surface area (TPSA) is 87.2 Å². The van der Waals surface area contributed by atoms with E-state index in [4.69, 9.17) is 11.6 Å². The Hall–Kier alpha value is -3.65. The van der Waals surface area contributed by atoms with Crippen LogP contribution in [0.5, 0.6) is 0 Å². The van der Waals surface area contributed by atoms with Gasteiger partial charge in [0.15, 0.2) is 0 Å². The van der Waals surface area contributed by atoms with Crippen LogP contribution in [0.4, 0.5) is 9.18 Å². The van der Waals surface area contributed by atoms with Crippen LogP contribution in [0, 0.1) is 12.7 Å². The van der Waals surface area contributed by atoms with Crippen molar-refractivity contribution in [2.45, 2.75) is 13.5 Å². The first-order chi connectivity index (χ1) is 14.3. The zero-order valence-corrected chi connectivity index (χ0v) is 16.5. The number of H-pyrrole nitrogens is 1.